The van der Waals surface area contributed by atoms with E-state index in [1.165, 1.54) is 22.3 Å². The average molecular weight is 300 g/mol. The summed E-state index contributed by atoms with van der Waals surface area (Å²) in [5.41, 5.74) is 5.58. The summed E-state index contributed by atoms with van der Waals surface area (Å²) in [6, 6.07) is 5.00. The summed E-state index contributed by atoms with van der Waals surface area (Å²) in [5.74, 6) is 0.751. The fourth-order valence-corrected chi connectivity index (χ4v) is 3.95. The summed E-state index contributed by atoms with van der Waals surface area (Å²) < 4.78 is 0. The van der Waals surface area contributed by atoms with Gasteiger partial charge in [-0.3, -0.25) is 9.69 Å². The molecule has 1 aliphatic heterocycles. The van der Waals surface area contributed by atoms with E-state index < -0.39 is 0 Å². The van der Waals surface area contributed by atoms with E-state index in [-0.39, 0.29) is 0 Å². The van der Waals surface area contributed by atoms with Gasteiger partial charge in [0.05, 0.1) is 0 Å². The number of carbonyl (C=O) groups excluding carboxylic acids is 1. The first-order valence-electron chi connectivity index (χ1n) is 8.58. The highest BCUT2D eigenvalue weighted by molar-refractivity contribution is 5.81. The van der Waals surface area contributed by atoms with Gasteiger partial charge < -0.3 is 4.90 Å². The summed E-state index contributed by atoms with van der Waals surface area (Å²) in [6.45, 7) is 12.7. The topological polar surface area (TPSA) is 23.6 Å². The van der Waals surface area contributed by atoms with Crippen LogP contribution in [0.25, 0.3) is 0 Å². The molecule has 1 aromatic rings. The van der Waals surface area contributed by atoms with E-state index in [9.17, 15) is 4.79 Å². The Bertz CT molecular complexity index is 546. The lowest BCUT2D eigenvalue weighted by atomic mass is 9.93. The van der Waals surface area contributed by atoms with Crippen molar-refractivity contribution in [1.82, 2.24) is 9.80 Å². The second-order valence-electron chi connectivity index (χ2n) is 7.12. The molecule has 3 nitrogen and oxygen atoms in total. The van der Waals surface area contributed by atoms with Crippen LogP contribution < -0.4 is 0 Å². The predicted molar refractivity (Wildman–Crippen MR) is 89.9 cm³/mol. The molecule has 1 aliphatic carbocycles. The van der Waals surface area contributed by atoms with Gasteiger partial charge in [0, 0.05) is 38.1 Å². The molecule has 0 bridgehead atoms. The summed E-state index contributed by atoms with van der Waals surface area (Å²) in [5, 5.41) is 0. The molecule has 2 aliphatic rings. The third-order valence-corrected chi connectivity index (χ3v) is 5.26. The van der Waals surface area contributed by atoms with Crippen LogP contribution in [0.2, 0.25) is 0 Å². The maximum absolute atomic E-state index is 12.2. The molecule has 1 amide bonds. The zero-order valence-corrected chi connectivity index (χ0v) is 14.4. The molecule has 1 unspecified atom stereocenters. The highest BCUT2D eigenvalue weighted by Gasteiger charge is 2.35. The summed E-state index contributed by atoms with van der Waals surface area (Å²) in [6.07, 6.45) is 2.22. The van der Waals surface area contributed by atoms with Crippen LogP contribution in [-0.4, -0.2) is 41.9 Å². The van der Waals surface area contributed by atoms with Crippen LogP contribution in [0.3, 0.4) is 0 Å². The Morgan fingerprint density at radius 2 is 1.59 bits per heavy atom. The second kappa shape index (κ2) is 6.04. The third-order valence-electron chi connectivity index (χ3n) is 5.26. The molecule has 1 saturated carbocycles. The molecule has 22 heavy (non-hydrogen) atoms. The first-order valence-corrected chi connectivity index (χ1v) is 8.58. The molecule has 1 saturated heterocycles. The Morgan fingerprint density at radius 3 is 2.09 bits per heavy atom. The van der Waals surface area contributed by atoms with E-state index in [0.29, 0.717) is 17.9 Å². The van der Waals surface area contributed by atoms with Crippen LogP contribution in [0.4, 0.5) is 0 Å². The predicted octanol–water partition coefficient (Wildman–Crippen LogP) is 3.23. The van der Waals surface area contributed by atoms with Gasteiger partial charge >= 0.3 is 0 Å². The Morgan fingerprint density at radius 1 is 1.05 bits per heavy atom. The smallest absolute Gasteiger partial charge is 0.225 e. The average Bonchev–Trinajstić information content (AvgIpc) is 3.30. The Hall–Kier alpha value is -1.35. The van der Waals surface area contributed by atoms with Crippen molar-refractivity contribution in [3.8, 4) is 0 Å². The Balaban J connectivity index is 1.67. The van der Waals surface area contributed by atoms with Crippen molar-refractivity contribution in [3.05, 3.63) is 34.4 Å². The molecular weight excluding hydrogens is 272 g/mol. The molecule has 0 spiro atoms. The van der Waals surface area contributed by atoms with E-state index >= 15 is 0 Å². The van der Waals surface area contributed by atoms with Crippen LogP contribution in [0.5, 0.6) is 0 Å². The van der Waals surface area contributed by atoms with Gasteiger partial charge in [0.1, 0.15) is 0 Å². The summed E-state index contributed by atoms with van der Waals surface area (Å²) in [4.78, 5) is 16.8. The molecule has 1 atom stereocenters. The molecule has 1 heterocycles. The van der Waals surface area contributed by atoms with Crippen molar-refractivity contribution >= 4 is 5.91 Å². The van der Waals surface area contributed by atoms with Crippen molar-refractivity contribution in [1.29, 1.82) is 0 Å². The van der Waals surface area contributed by atoms with Crippen LogP contribution in [0, 0.1) is 26.7 Å². The number of piperazine rings is 1. The SMILES string of the molecule is Cc1cc(C)c(C(C)N2CCN(C(=O)C3CC3)CC2)c(C)c1. The van der Waals surface area contributed by atoms with Crippen molar-refractivity contribution in [2.45, 2.75) is 46.6 Å². The highest BCUT2D eigenvalue weighted by Crippen LogP contribution is 2.32. The quantitative estimate of drug-likeness (QED) is 0.855. The van der Waals surface area contributed by atoms with Gasteiger partial charge in [-0.15, -0.1) is 0 Å². The number of aryl methyl sites for hydroxylation is 3. The second-order valence-corrected chi connectivity index (χ2v) is 7.12. The van der Waals surface area contributed by atoms with Gasteiger partial charge in [-0.2, -0.15) is 0 Å². The first kappa shape index (κ1) is 15.5. The van der Waals surface area contributed by atoms with Gasteiger partial charge in [0.25, 0.3) is 0 Å². The Kier molecular flexibility index (Phi) is 4.26. The van der Waals surface area contributed by atoms with E-state index in [2.05, 4.69) is 49.6 Å². The molecule has 1 aromatic carbocycles. The third kappa shape index (κ3) is 3.05. The van der Waals surface area contributed by atoms with E-state index in [0.717, 1.165) is 39.0 Å². The molecule has 3 heteroatoms. The zero-order valence-electron chi connectivity index (χ0n) is 14.4. The number of nitrogens with zero attached hydrogens (tertiary/aromatic N) is 2. The zero-order chi connectivity index (χ0) is 15.9. The van der Waals surface area contributed by atoms with Crippen molar-refractivity contribution in [2.24, 2.45) is 5.92 Å². The molecule has 0 aromatic heterocycles. The maximum atomic E-state index is 12.2. The molecule has 0 radical (unpaired) electrons. The lowest BCUT2D eigenvalue weighted by Gasteiger charge is -2.39. The standard InChI is InChI=1S/C19H28N2O/c1-13-11-14(2)18(15(3)12-13)16(4)20-7-9-21(10-8-20)19(22)17-5-6-17/h11-12,16-17H,5-10H2,1-4H3. The maximum Gasteiger partial charge on any atom is 0.225 e. The number of benzene rings is 1. The van der Waals surface area contributed by atoms with Crippen LogP contribution in [-0.2, 0) is 4.79 Å². The van der Waals surface area contributed by atoms with E-state index in [4.69, 9.17) is 0 Å². The lowest BCUT2D eigenvalue weighted by molar-refractivity contribution is -0.134. The van der Waals surface area contributed by atoms with Crippen molar-refractivity contribution in [2.75, 3.05) is 26.2 Å². The molecule has 3 rings (SSSR count). The molecular formula is C19H28N2O. The number of rotatable bonds is 3. The van der Waals surface area contributed by atoms with Gasteiger partial charge in [0.15, 0.2) is 0 Å². The molecule has 0 N–H and O–H groups in total. The lowest BCUT2D eigenvalue weighted by Crippen LogP contribution is -2.49. The van der Waals surface area contributed by atoms with E-state index in [1.54, 1.807) is 0 Å². The van der Waals surface area contributed by atoms with Crippen LogP contribution >= 0.6 is 0 Å². The fraction of sp³-hybridized carbons (Fsp3) is 0.632. The van der Waals surface area contributed by atoms with Gasteiger partial charge in [-0.1, -0.05) is 17.7 Å². The van der Waals surface area contributed by atoms with Crippen molar-refractivity contribution in [3.63, 3.8) is 0 Å². The van der Waals surface area contributed by atoms with Crippen molar-refractivity contribution < 1.29 is 4.79 Å². The van der Waals surface area contributed by atoms with Gasteiger partial charge in [-0.25, -0.2) is 0 Å². The van der Waals surface area contributed by atoms with E-state index in [1.807, 2.05) is 0 Å². The summed E-state index contributed by atoms with van der Waals surface area (Å²) >= 11 is 0. The highest BCUT2D eigenvalue weighted by atomic mass is 16.2. The van der Waals surface area contributed by atoms with Gasteiger partial charge in [-0.05, 0) is 57.2 Å². The monoisotopic (exact) mass is 300 g/mol. The number of hydrogen-bond donors (Lipinski definition) is 0. The largest absolute Gasteiger partial charge is 0.340 e. The van der Waals surface area contributed by atoms with Gasteiger partial charge in [0.2, 0.25) is 5.91 Å². The molecule has 2 fully saturated rings. The first-order chi connectivity index (χ1) is 10.5. The number of carbonyl (C=O) groups is 1. The number of hydrogen-bond acceptors (Lipinski definition) is 2. The normalized spacial score (nSPS) is 21.0. The number of amides is 1. The fourth-order valence-electron chi connectivity index (χ4n) is 3.95. The minimum Gasteiger partial charge on any atom is -0.340 e. The minimum absolute atomic E-state index is 0.352. The Labute approximate surface area is 134 Å². The summed E-state index contributed by atoms with van der Waals surface area (Å²) in [7, 11) is 0. The minimum atomic E-state index is 0.352. The molecule has 120 valence electrons. The van der Waals surface area contributed by atoms with Crippen LogP contribution in [0.1, 0.15) is 48.1 Å². The van der Waals surface area contributed by atoms with Crippen LogP contribution in [0.15, 0.2) is 12.1 Å².